The van der Waals surface area contributed by atoms with Crippen molar-refractivity contribution in [3.63, 3.8) is 0 Å². The first-order valence-corrected chi connectivity index (χ1v) is 42.4. The number of halogens is 24. The van der Waals surface area contributed by atoms with Gasteiger partial charge in [-0.3, -0.25) is 0 Å². The van der Waals surface area contributed by atoms with Gasteiger partial charge in [0.25, 0.3) is 0 Å². The number of anilines is 2. The van der Waals surface area contributed by atoms with Crippen molar-refractivity contribution < 1.29 is 166 Å². The Morgan fingerprint density at radius 2 is 0.371 bits per heavy atom. The normalized spacial score (nSPS) is 17.4. The zero-order valence-corrected chi connectivity index (χ0v) is 64.2. The maximum Gasteiger partial charge on any atom is 0.173 e. The third-order valence-electron chi connectivity index (χ3n) is 14.9. The van der Waals surface area contributed by atoms with Gasteiger partial charge in [-0.05, 0) is 35.4 Å². The van der Waals surface area contributed by atoms with Crippen LogP contribution in [0, 0.1) is 0 Å². The number of rotatable bonds is 0. The van der Waals surface area contributed by atoms with Crippen LogP contribution in [0.2, 0.25) is 0 Å². The third kappa shape index (κ3) is 46.7. The van der Waals surface area contributed by atoms with Gasteiger partial charge < -0.3 is 58.2 Å². The second-order valence-electron chi connectivity index (χ2n) is 25.0. The Hall–Kier alpha value is -8.96. The molecule has 0 radical (unpaired) electrons. The summed E-state index contributed by atoms with van der Waals surface area (Å²) in [6.07, 6.45) is 17.1. The Morgan fingerprint density at radius 1 is 0.207 bits per heavy atom. The molecule has 0 saturated heterocycles. The minimum Gasteiger partial charge on any atom is -0.491 e. The average molecular weight is 1770 g/mol. The van der Waals surface area contributed by atoms with Crippen molar-refractivity contribution in [3.8, 4) is 34.1 Å². The number of hydrogen-bond acceptors (Lipinski definition) is 12. The Bertz CT molecular complexity index is 4260. The average Bonchev–Trinajstić information content (AvgIpc) is 0.806. The number of hydrazine groups is 1. The van der Waals surface area contributed by atoms with E-state index in [1.165, 1.54) is 33.4 Å². The van der Waals surface area contributed by atoms with E-state index in [-0.39, 0.29) is 0 Å². The molecule has 19 heterocycles. The maximum absolute atomic E-state index is 10.7. The van der Waals surface area contributed by atoms with E-state index in [9.17, 15) is 101 Å². The number of nitrogens with zero attached hydrogens (tertiary/aromatic N) is 4. The number of aromatic nitrogens is 4. The predicted octanol–water partition coefficient (Wildman–Crippen LogP) is 23.3. The number of hydrogen-bond donors (Lipinski definition) is 2. The van der Waals surface area contributed by atoms with Gasteiger partial charge in [-0.25, -0.2) is 18.3 Å². The minimum atomic E-state index is -10.7. The Balaban J connectivity index is 0.000000241. The van der Waals surface area contributed by atoms with E-state index in [2.05, 4.69) is 176 Å². The van der Waals surface area contributed by atoms with E-state index in [1.54, 1.807) is 0 Å². The Morgan fingerprint density at radius 3 is 0.552 bits per heavy atom. The van der Waals surface area contributed by atoms with E-state index in [4.69, 9.17) is 47.4 Å². The summed E-state index contributed by atoms with van der Waals surface area (Å²) < 4.78 is 304. The largest absolute Gasteiger partial charge is 0.491 e. The number of pyridine rings is 4. The van der Waals surface area contributed by atoms with E-state index in [0.717, 1.165) is 82.1 Å². The molecular formula is C72H78F24N6O10P4. The molecular weight excluding hydrogens is 1690 g/mol. The Kier molecular flexibility index (Phi) is 29.6. The van der Waals surface area contributed by atoms with Crippen LogP contribution in [-0.2, 0) is 54.6 Å². The van der Waals surface area contributed by atoms with Gasteiger partial charge in [-0.15, -0.1) is 0 Å². The van der Waals surface area contributed by atoms with Gasteiger partial charge >= 0.3 is 132 Å². The first-order chi connectivity index (χ1) is 53.4. The van der Waals surface area contributed by atoms with Crippen LogP contribution >= 0.6 is 31.2 Å². The summed E-state index contributed by atoms with van der Waals surface area (Å²) in [5.41, 5.74) is 16.2. The molecule has 0 aliphatic carbocycles. The number of ether oxygens (including phenoxy) is 10. The monoisotopic (exact) mass is 1770 g/mol. The van der Waals surface area contributed by atoms with Crippen LogP contribution in [0.15, 0.2) is 219 Å². The summed E-state index contributed by atoms with van der Waals surface area (Å²) >= 11 is 0. The van der Waals surface area contributed by atoms with E-state index < -0.39 is 31.2 Å². The van der Waals surface area contributed by atoms with Crippen LogP contribution in [0.25, 0.3) is 32.7 Å². The fourth-order valence-corrected chi connectivity index (χ4v) is 10.2. The van der Waals surface area contributed by atoms with Crippen molar-refractivity contribution >= 4 is 64.2 Å². The molecule has 20 bridgehead atoms. The molecule has 25 rings (SSSR count). The summed E-state index contributed by atoms with van der Waals surface area (Å²) in [5.74, 6) is 3.15. The van der Waals surface area contributed by atoms with Crippen molar-refractivity contribution in [1.82, 2.24) is 0 Å². The quantitative estimate of drug-likeness (QED) is 0.0851. The molecule has 0 spiro atoms. The smallest absolute Gasteiger partial charge is 0.173 e. The number of benzene rings is 6. The van der Waals surface area contributed by atoms with Crippen molar-refractivity contribution in [2.24, 2.45) is 0 Å². The topological polar surface area (TPSA) is 132 Å². The van der Waals surface area contributed by atoms with E-state index in [0.29, 0.717) is 106 Å². The summed E-state index contributed by atoms with van der Waals surface area (Å²) in [4.78, 5) is 0. The molecule has 0 amide bonds. The van der Waals surface area contributed by atoms with Crippen LogP contribution < -0.4 is 48.1 Å². The van der Waals surface area contributed by atoms with Gasteiger partial charge in [-0.2, -0.15) is 0 Å². The first kappa shape index (κ1) is 94.2. The Labute approximate surface area is 646 Å². The fourth-order valence-electron chi connectivity index (χ4n) is 10.2. The SMILES string of the molecule is F[P-](F)(F)(F)(F)F.F[P-](F)(F)(F)(F)F.F[P-](F)(F)(F)(F)F.F[P-](F)(F)(F)(F)F.c1cc2c3cccc(c3c1)OCCOCCOCCOCCOc1cccc3c(cccc13)OCCOCCOCCOCCO2.c1cc2ccc1C[n+]1ccc(cc1)NNc1cc[n+](cc1)Cc1ccc(cc1)C[n+]1ccc(cc1)-c1cc[n+](cc1)C2. The molecule has 15 aliphatic heterocycles. The molecule has 0 saturated carbocycles. The van der Waals surface area contributed by atoms with Gasteiger partial charge in [0.1, 0.15) is 49.4 Å². The molecule has 0 unspecified atom stereocenters. The molecule has 2 N–H and O–H groups in total. The van der Waals surface area contributed by atoms with Crippen molar-refractivity contribution in [3.05, 3.63) is 242 Å². The minimum absolute atomic E-state index is 0.431. The molecule has 44 heteroatoms. The molecule has 16 nitrogen and oxygen atoms in total. The zero-order valence-electron chi connectivity index (χ0n) is 60.7. The van der Waals surface area contributed by atoms with E-state index >= 15 is 0 Å². The number of nitrogens with one attached hydrogen (secondary N) is 2. The van der Waals surface area contributed by atoms with E-state index in [1.807, 2.05) is 72.8 Å². The van der Waals surface area contributed by atoms with Crippen LogP contribution in [0.3, 0.4) is 0 Å². The van der Waals surface area contributed by atoms with Crippen molar-refractivity contribution in [2.45, 2.75) is 26.2 Å². The van der Waals surface area contributed by atoms with Gasteiger partial charge in [0.05, 0.1) is 90.7 Å². The predicted molar refractivity (Wildman–Crippen MR) is 391 cm³/mol. The molecule has 644 valence electrons. The van der Waals surface area contributed by atoms with Gasteiger partial charge in [0.2, 0.25) is 0 Å². The van der Waals surface area contributed by atoms with Gasteiger partial charge in [0.15, 0.2) is 75.8 Å². The molecule has 10 aromatic rings. The molecule has 6 aromatic carbocycles. The summed E-state index contributed by atoms with van der Waals surface area (Å²) in [6, 6.07) is 58.7. The zero-order chi connectivity index (χ0) is 85.3. The van der Waals surface area contributed by atoms with Gasteiger partial charge in [0, 0.05) is 92.3 Å². The van der Waals surface area contributed by atoms with Crippen molar-refractivity contribution in [1.29, 1.82) is 0 Å². The van der Waals surface area contributed by atoms with Crippen LogP contribution in [0.5, 0.6) is 23.0 Å². The molecule has 116 heavy (non-hydrogen) atoms. The second kappa shape index (κ2) is 36.5. The van der Waals surface area contributed by atoms with Crippen LogP contribution in [0.4, 0.5) is 112 Å². The van der Waals surface area contributed by atoms with Crippen LogP contribution in [0.1, 0.15) is 22.3 Å². The maximum atomic E-state index is 9.87. The molecule has 0 atom stereocenters. The summed E-state index contributed by atoms with van der Waals surface area (Å²) in [6.45, 7) is 10.8. The van der Waals surface area contributed by atoms with Crippen molar-refractivity contribution in [2.75, 3.05) is 117 Å². The fraction of sp³-hybridized carbons (Fsp3) is 0.278. The van der Waals surface area contributed by atoms with Crippen LogP contribution in [-0.4, -0.2) is 106 Å². The summed E-state index contributed by atoms with van der Waals surface area (Å²) in [5, 5.41) is 3.94. The third-order valence-corrected chi connectivity index (χ3v) is 14.9. The summed E-state index contributed by atoms with van der Waals surface area (Å²) in [7, 11) is -42.6. The second-order valence-corrected chi connectivity index (χ2v) is 32.7. The first-order valence-electron chi connectivity index (χ1n) is 34.3. The standard InChI is InChI=1S/C36H32N6.C36H44O10.4F6P/c1-5-31-6-2-29(1)25-39-17-9-33(10-18-39)34-11-19-40(20-12-34)26-30-3-7-32(8-4-30)28-42-23-15-36(16-24-42)38-37-35-13-21-41(27-31)22-14-35;1-5-29-30-6-2-10-34(29)44-26-22-40-18-14-38-16-20-42-24-28-46-36-12-4-7-31-32(36)8-3-11-35(31)45-27-23-41-19-15-37-13-17-39-21-25-43-33(30)9-1;4*1-7(2,3,4,5)6/h1-24H,25-28H2;1-12H,13-28H2;;;;/q+2;;4*-1/p+2. The molecule has 15 aliphatic rings. The van der Waals surface area contributed by atoms with Gasteiger partial charge in [-0.1, -0.05) is 97.1 Å². The molecule has 4 aromatic heterocycles. The molecule has 0 fully saturated rings.